The van der Waals surface area contributed by atoms with Crippen molar-refractivity contribution in [2.75, 3.05) is 26.0 Å². The Kier molecular flexibility index (Phi) is 5.06. The van der Waals surface area contributed by atoms with Crippen molar-refractivity contribution < 1.29 is 4.39 Å². The van der Waals surface area contributed by atoms with Crippen molar-refractivity contribution in [3.8, 4) is 0 Å². The molecule has 3 rings (SSSR count). The fraction of sp³-hybridized carbons (Fsp3) is 0.333. The highest BCUT2D eigenvalue weighted by Gasteiger charge is 2.15. The highest BCUT2D eigenvalue weighted by molar-refractivity contribution is 7.18. The van der Waals surface area contributed by atoms with Crippen LogP contribution in [0.2, 0.25) is 0 Å². The second-order valence-corrected chi connectivity index (χ2v) is 7.03. The van der Waals surface area contributed by atoms with Crippen molar-refractivity contribution in [3.63, 3.8) is 0 Å². The number of hydrogen-bond donors (Lipinski definition) is 1. The average Bonchev–Trinajstić information content (AvgIpc) is 3.00. The second-order valence-electron chi connectivity index (χ2n) is 5.92. The number of nitrogens with zero attached hydrogens (tertiary/aromatic N) is 3. The largest absolute Gasteiger partial charge is 0.368 e. The van der Waals surface area contributed by atoms with Gasteiger partial charge in [-0.15, -0.1) is 11.3 Å². The number of halogens is 1. The molecule has 2 heterocycles. The Morgan fingerprint density at radius 3 is 2.62 bits per heavy atom. The minimum absolute atomic E-state index is 0.125. The lowest BCUT2D eigenvalue weighted by molar-refractivity contribution is 0.311. The van der Waals surface area contributed by atoms with Crippen molar-refractivity contribution in [2.24, 2.45) is 0 Å². The zero-order valence-electron chi connectivity index (χ0n) is 14.1. The summed E-state index contributed by atoms with van der Waals surface area (Å²) < 4.78 is 13.2. The molecule has 1 N–H and O–H groups in total. The van der Waals surface area contributed by atoms with E-state index in [0.29, 0.717) is 6.54 Å². The van der Waals surface area contributed by atoms with Crippen molar-refractivity contribution in [1.82, 2.24) is 14.9 Å². The zero-order chi connectivity index (χ0) is 17.1. The maximum atomic E-state index is 13.2. The van der Waals surface area contributed by atoms with Crippen LogP contribution in [-0.4, -0.2) is 35.5 Å². The number of rotatable bonds is 6. The number of nitrogens with one attached hydrogen (secondary N) is 1. The molecule has 0 aliphatic carbocycles. The predicted octanol–water partition coefficient (Wildman–Crippen LogP) is 4.11. The molecule has 0 spiro atoms. The minimum Gasteiger partial charge on any atom is -0.368 e. The van der Waals surface area contributed by atoms with Gasteiger partial charge in [0.2, 0.25) is 0 Å². The van der Waals surface area contributed by atoms with E-state index in [4.69, 9.17) is 0 Å². The maximum absolute atomic E-state index is 13.2. The molecule has 4 nitrogen and oxygen atoms in total. The van der Waals surface area contributed by atoms with Gasteiger partial charge in [-0.3, -0.25) is 0 Å². The van der Waals surface area contributed by atoms with E-state index < -0.39 is 0 Å². The van der Waals surface area contributed by atoms with E-state index >= 15 is 0 Å². The lowest BCUT2D eigenvalue weighted by Gasteiger charge is -2.25. The fourth-order valence-corrected chi connectivity index (χ4v) is 3.63. The van der Waals surface area contributed by atoms with E-state index in [2.05, 4.69) is 33.2 Å². The van der Waals surface area contributed by atoms with Crippen LogP contribution in [0.4, 0.5) is 10.2 Å². The monoisotopic (exact) mass is 344 g/mol. The summed E-state index contributed by atoms with van der Waals surface area (Å²) in [5, 5.41) is 4.51. The van der Waals surface area contributed by atoms with Crippen LogP contribution in [0.3, 0.4) is 0 Å². The molecule has 0 radical (unpaired) electrons. The van der Waals surface area contributed by atoms with Crippen molar-refractivity contribution >= 4 is 27.4 Å². The number of anilines is 1. The van der Waals surface area contributed by atoms with Gasteiger partial charge in [-0.25, -0.2) is 14.4 Å². The number of fused-ring (bicyclic) bond motifs is 1. The molecule has 2 aromatic heterocycles. The minimum atomic E-state index is -0.216. The molecule has 6 heteroatoms. The Morgan fingerprint density at radius 2 is 1.96 bits per heavy atom. The van der Waals surface area contributed by atoms with Crippen molar-refractivity contribution in [1.29, 1.82) is 0 Å². The molecule has 126 valence electrons. The smallest absolute Gasteiger partial charge is 0.138 e. The Bertz CT molecular complexity index is 814. The molecular formula is C18H21FN4S. The number of thiophene rings is 1. The first-order chi connectivity index (χ1) is 11.6. The Balaban J connectivity index is 1.82. The van der Waals surface area contributed by atoms with E-state index in [1.54, 1.807) is 17.7 Å². The van der Waals surface area contributed by atoms with E-state index in [1.165, 1.54) is 17.0 Å². The molecular weight excluding hydrogens is 323 g/mol. The van der Waals surface area contributed by atoms with Gasteiger partial charge in [-0.1, -0.05) is 19.1 Å². The summed E-state index contributed by atoms with van der Waals surface area (Å²) in [7, 11) is 4.04. The highest BCUT2D eigenvalue weighted by Crippen LogP contribution is 2.29. The van der Waals surface area contributed by atoms with Crippen molar-refractivity contribution in [2.45, 2.75) is 19.4 Å². The Morgan fingerprint density at radius 1 is 1.21 bits per heavy atom. The molecule has 0 saturated carbocycles. The third-order valence-electron chi connectivity index (χ3n) is 4.07. The first-order valence-electron chi connectivity index (χ1n) is 7.97. The topological polar surface area (TPSA) is 41.0 Å². The molecule has 24 heavy (non-hydrogen) atoms. The number of benzene rings is 1. The average molecular weight is 344 g/mol. The fourth-order valence-electron chi connectivity index (χ4n) is 2.70. The Labute approximate surface area is 145 Å². The second kappa shape index (κ2) is 7.23. The van der Waals surface area contributed by atoms with Gasteiger partial charge in [0.25, 0.3) is 0 Å². The van der Waals surface area contributed by atoms with E-state index in [1.807, 2.05) is 26.2 Å². The summed E-state index contributed by atoms with van der Waals surface area (Å²) in [6.07, 6.45) is 2.60. The summed E-state index contributed by atoms with van der Waals surface area (Å²) in [4.78, 5) is 13.2. The van der Waals surface area contributed by atoms with Gasteiger partial charge >= 0.3 is 0 Å². The summed E-state index contributed by atoms with van der Waals surface area (Å²) in [6.45, 7) is 2.82. The summed E-state index contributed by atoms with van der Waals surface area (Å²) in [5.41, 5.74) is 1.07. The van der Waals surface area contributed by atoms with Gasteiger partial charge in [-0.05, 0) is 44.3 Å². The van der Waals surface area contributed by atoms with Crippen LogP contribution in [0.15, 0.2) is 36.7 Å². The third-order valence-corrected chi connectivity index (χ3v) is 5.26. The molecule has 1 atom stereocenters. The maximum Gasteiger partial charge on any atom is 0.138 e. The molecule has 0 aliphatic heterocycles. The number of aromatic nitrogens is 2. The summed E-state index contributed by atoms with van der Waals surface area (Å²) >= 11 is 1.71. The van der Waals surface area contributed by atoms with Gasteiger partial charge in [-0.2, -0.15) is 0 Å². The van der Waals surface area contributed by atoms with Gasteiger partial charge in [0, 0.05) is 11.4 Å². The first kappa shape index (κ1) is 16.8. The zero-order valence-corrected chi connectivity index (χ0v) is 14.9. The van der Waals surface area contributed by atoms with Crippen LogP contribution >= 0.6 is 11.3 Å². The SMILES string of the molecule is CCc1cc2c(NC[C@H](c3ccc(F)cc3)N(C)C)ncnc2s1. The lowest BCUT2D eigenvalue weighted by atomic mass is 10.1. The van der Waals surface area contributed by atoms with E-state index in [-0.39, 0.29) is 11.9 Å². The first-order valence-corrected chi connectivity index (χ1v) is 8.79. The molecule has 0 aliphatic rings. The van der Waals surface area contributed by atoms with Crippen LogP contribution in [0.5, 0.6) is 0 Å². The van der Waals surface area contributed by atoms with Gasteiger partial charge in [0.05, 0.1) is 11.4 Å². The lowest BCUT2D eigenvalue weighted by Crippen LogP contribution is -2.27. The molecule has 0 bridgehead atoms. The summed E-state index contributed by atoms with van der Waals surface area (Å²) in [6, 6.07) is 8.95. The van der Waals surface area contributed by atoms with Crippen LogP contribution in [0.25, 0.3) is 10.2 Å². The highest BCUT2D eigenvalue weighted by atomic mass is 32.1. The standard InChI is InChI=1S/C18H21FN4S/c1-4-14-9-15-17(21-11-22-18(15)24-14)20-10-16(23(2)3)12-5-7-13(19)8-6-12/h5-9,11,16H,4,10H2,1-3H3,(H,20,21,22)/t16-/m1/s1. The van der Waals surface area contributed by atoms with Crippen molar-refractivity contribution in [3.05, 3.63) is 52.9 Å². The molecule has 0 saturated heterocycles. The molecule has 1 aromatic carbocycles. The van der Waals surface area contributed by atoms with Crippen LogP contribution < -0.4 is 5.32 Å². The van der Waals surface area contributed by atoms with Crippen LogP contribution in [0.1, 0.15) is 23.4 Å². The van der Waals surface area contributed by atoms with Gasteiger partial charge in [0.15, 0.2) is 0 Å². The summed E-state index contributed by atoms with van der Waals surface area (Å²) in [5.74, 6) is 0.636. The Hall–Kier alpha value is -2.05. The van der Waals surface area contributed by atoms with Crippen LogP contribution in [0, 0.1) is 5.82 Å². The van der Waals surface area contributed by atoms with Gasteiger partial charge < -0.3 is 10.2 Å². The van der Waals surface area contributed by atoms with Gasteiger partial charge in [0.1, 0.15) is 22.8 Å². The number of aryl methyl sites for hydroxylation is 1. The third kappa shape index (κ3) is 3.55. The normalized spacial score (nSPS) is 12.7. The molecule has 0 fully saturated rings. The van der Waals surface area contributed by atoms with E-state index in [0.717, 1.165) is 28.0 Å². The number of hydrogen-bond acceptors (Lipinski definition) is 5. The van der Waals surface area contributed by atoms with Crippen LogP contribution in [-0.2, 0) is 6.42 Å². The molecule has 0 unspecified atom stereocenters. The quantitative estimate of drug-likeness (QED) is 0.731. The number of likely N-dealkylation sites (N-methyl/N-ethyl adjacent to an activating group) is 1. The predicted molar refractivity (Wildman–Crippen MR) is 98.1 cm³/mol. The molecule has 3 aromatic rings. The van der Waals surface area contributed by atoms with E-state index in [9.17, 15) is 4.39 Å². The molecule has 0 amide bonds.